The molecule has 0 unspecified atom stereocenters. The molecule has 4 heteroatoms. The van der Waals surface area contributed by atoms with E-state index in [1.807, 2.05) is 19.1 Å². The normalized spacial score (nSPS) is 15.6. The van der Waals surface area contributed by atoms with E-state index < -0.39 is 0 Å². The third-order valence-electron chi connectivity index (χ3n) is 3.25. The van der Waals surface area contributed by atoms with Gasteiger partial charge in [-0.15, -0.1) is 0 Å². The van der Waals surface area contributed by atoms with Crippen LogP contribution in [-0.4, -0.2) is 23.5 Å². The van der Waals surface area contributed by atoms with Gasteiger partial charge < -0.3 is 10.6 Å². The molecule has 0 bridgehead atoms. The number of nitrogens with zero attached hydrogens (tertiary/aromatic N) is 1. The fourth-order valence-electron chi connectivity index (χ4n) is 2.28. The van der Waals surface area contributed by atoms with Crippen LogP contribution in [0.15, 0.2) is 18.3 Å². The first-order valence-electron chi connectivity index (χ1n) is 6.80. The smallest absolute Gasteiger partial charge is 0.269 e. The number of carbonyl (C=O) groups excluding carboxylic acids is 1. The van der Waals surface area contributed by atoms with Gasteiger partial charge in [-0.25, -0.2) is 0 Å². The number of amides is 1. The second-order valence-electron chi connectivity index (χ2n) is 4.81. The summed E-state index contributed by atoms with van der Waals surface area (Å²) in [5, 5.41) is 6.31. The van der Waals surface area contributed by atoms with Crippen LogP contribution in [0.1, 0.15) is 49.5 Å². The maximum absolute atomic E-state index is 11.8. The molecule has 1 saturated carbocycles. The van der Waals surface area contributed by atoms with Crippen molar-refractivity contribution in [3.05, 3.63) is 24.0 Å². The molecule has 1 heterocycles. The average molecular weight is 247 g/mol. The topological polar surface area (TPSA) is 54.0 Å². The third kappa shape index (κ3) is 3.45. The zero-order chi connectivity index (χ0) is 12.8. The summed E-state index contributed by atoms with van der Waals surface area (Å²) < 4.78 is 0. The Bertz CT molecular complexity index is 400. The van der Waals surface area contributed by atoms with Crippen LogP contribution in [0.25, 0.3) is 0 Å². The van der Waals surface area contributed by atoms with Crippen LogP contribution in [0.2, 0.25) is 0 Å². The summed E-state index contributed by atoms with van der Waals surface area (Å²) >= 11 is 0. The first-order chi connectivity index (χ1) is 8.79. The minimum atomic E-state index is -0.0908. The highest BCUT2D eigenvalue weighted by Crippen LogP contribution is 2.22. The predicted molar refractivity (Wildman–Crippen MR) is 72.7 cm³/mol. The third-order valence-corrected chi connectivity index (χ3v) is 3.25. The summed E-state index contributed by atoms with van der Waals surface area (Å²) in [6, 6.07) is 4.32. The molecule has 0 aliphatic heterocycles. The number of aromatic nitrogens is 1. The van der Waals surface area contributed by atoms with Gasteiger partial charge in [-0.2, -0.15) is 0 Å². The highest BCUT2D eigenvalue weighted by Gasteiger charge is 2.15. The second-order valence-corrected chi connectivity index (χ2v) is 4.81. The van der Waals surface area contributed by atoms with Crippen LogP contribution < -0.4 is 10.6 Å². The Kier molecular flexibility index (Phi) is 4.56. The molecule has 1 aliphatic carbocycles. The summed E-state index contributed by atoms with van der Waals surface area (Å²) in [6.45, 7) is 2.73. The van der Waals surface area contributed by atoms with Gasteiger partial charge in [0.15, 0.2) is 0 Å². The Morgan fingerprint density at radius 1 is 1.44 bits per heavy atom. The van der Waals surface area contributed by atoms with Crippen LogP contribution >= 0.6 is 0 Å². The van der Waals surface area contributed by atoms with Crippen LogP contribution in [0.5, 0.6) is 0 Å². The molecule has 0 aromatic carbocycles. The average Bonchev–Trinajstić information content (AvgIpc) is 2.89. The lowest BCUT2D eigenvalue weighted by molar-refractivity contribution is 0.0948. The van der Waals surface area contributed by atoms with E-state index in [1.54, 1.807) is 6.20 Å². The molecule has 0 spiro atoms. The number of pyridine rings is 1. The zero-order valence-electron chi connectivity index (χ0n) is 10.9. The number of rotatable bonds is 5. The number of hydrogen-bond donors (Lipinski definition) is 2. The molecular formula is C14H21N3O. The molecule has 0 radical (unpaired) electrons. The quantitative estimate of drug-likeness (QED) is 0.840. The Morgan fingerprint density at radius 3 is 2.94 bits per heavy atom. The van der Waals surface area contributed by atoms with Gasteiger partial charge in [0, 0.05) is 24.5 Å². The molecule has 1 aromatic rings. The lowest BCUT2D eigenvalue weighted by Crippen LogP contribution is -2.25. The van der Waals surface area contributed by atoms with Gasteiger partial charge in [-0.1, -0.05) is 19.8 Å². The van der Waals surface area contributed by atoms with Gasteiger partial charge in [-0.3, -0.25) is 9.78 Å². The molecule has 2 rings (SSSR count). The van der Waals surface area contributed by atoms with E-state index in [0.717, 1.165) is 12.1 Å². The Morgan fingerprint density at radius 2 is 2.22 bits per heavy atom. The zero-order valence-corrected chi connectivity index (χ0v) is 10.9. The van der Waals surface area contributed by atoms with Gasteiger partial charge in [-0.05, 0) is 31.4 Å². The highest BCUT2D eigenvalue weighted by molar-refractivity contribution is 5.93. The molecule has 18 heavy (non-hydrogen) atoms. The van der Waals surface area contributed by atoms with Crippen molar-refractivity contribution < 1.29 is 4.79 Å². The largest absolute Gasteiger partial charge is 0.382 e. The molecule has 1 fully saturated rings. The van der Waals surface area contributed by atoms with Crippen LogP contribution in [0.4, 0.5) is 5.69 Å². The van der Waals surface area contributed by atoms with Crippen molar-refractivity contribution in [3.8, 4) is 0 Å². The molecule has 1 aliphatic rings. The molecule has 98 valence electrons. The van der Waals surface area contributed by atoms with Crippen LogP contribution in [0, 0.1) is 0 Å². The van der Waals surface area contributed by atoms with Crippen molar-refractivity contribution in [1.82, 2.24) is 10.3 Å². The van der Waals surface area contributed by atoms with Crippen molar-refractivity contribution in [1.29, 1.82) is 0 Å². The van der Waals surface area contributed by atoms with Gasteiger partial charge in [0.25, 0.3) is 5.91 Å². The van der Waals surface area contributed by atoms with Crippen molar-refractivity contribution in [3.63, 3.8) is 0 Å². The van der Waals surface area contributed by atoms with Crippen LogP contribution in [-0.2, 0) is 0 Å². The summed E-state index contributed by atoms with van der Waals surface area (Å²) in [4.78, 5) is 15.9. The number of nitrogens with one attached hydrogen (secondary N) is 2. The highest BCUT2D eigenvalue weighted by atomic mass is 16.1. The monoisotopic (exact) mass is 247 g/mol. The van der Waals surface area contributed by atoms with Gasteiger partial charge >= 0.3 is 0 Å². The summed E-state index contributed by atoms with van der Waals surface area (Å²) in [7, 11) is 0. The first-order valence-corrected chi connectivity index (χ1v) is 6.80. The summed E-state index contributed by atoms with van der Waals surface area (Å²) in [5.74, 6) is -0.0908. The van der Waals surface area contributed by atoms with Crippen molar-refractivity contribution in [2.45, 2.75) is 45.1 Å². The molecule has 4 nitrogen and oxygen atoms in total. The maximum Gasteiger partial charge on any atom is 0.269 e. The number of carbonyl (C=O) groups is 1. The SMILES string of the molecule is CCCNC(=O)c1cc(NC2CCCC2)ccn1. The van der Waals surface area contributed by atoms with E-state index in [2.05, 4.69) is 15.6 Å². The maximum atomic E-state index is 11.8. The summed E-state index contributed by atoms with van der Waals surface area (Å²) in [5.41, 5.74) is 1.49. The van der Waals surface area contributed by atoms with Crippen molar-refractivity contribution in [2.24, 2.45) is 0 Å². The molecular weight excluding hydrogens is 226 g/mol. The first kappa shape index (κ1) is 12.9. The van der Waals surface area contributed by atoms with Gasteiger partial charge in [0.2, 0.25) is 0 Å². The summed E-state index contributed by atoms with van der Waals surface area (Å²) in [6.07, 6.45) is 7.67. The minimum absolute atomic E-state index is 0.0908. The van der Waals surface area contributed by atoms with E-state index >= 15 is 0 Å². The molecule has 1 amide bonds. The molecule has 0 atom stereocenters. The second kappa shape index (κ2) is 6.38. The Balaban J connectivity index is 1.97. The van der Waals surface area contributed by atoms with E-state index in [0.29, 0.717) is 18.3 Å². The van der Waals surface area contributed by atoms with E-state index in [-0.39, 0.29) is 5.91 Å². The Labute approximate surface area is 108 Å². The molecule has 2 N–H and O–H groups in total. The lowest BCUT2D eigenvalue weighted by atomic mass is 10.2. The van der Waals surface area contributed by atoms with E-state index in [4.69, 9.17) is 0 Å². The van der Waals surface area contributed by atoms with Gasteiger partial charge in [0.1, 0.15) is 5.69 Å². The van der Waals surface area contributed by atoms with Crippen molar-refractivity contribution >= 4 is 11.6 Å². The van der Waals surface area contributed by atoms with Crippen molar-refractivity contribution in [2.75, 3.05) is 11.9 Å². The number of hydrogen-bond acceptors (Lipinski definition) is 3. The number of anilines is 1. The Hall–Kier alpha value is -1.58. The van der Waals surface area contributed by atoms with E-state index in [1.165, 1.54) is 25.7 Å². The van der Waals surface area contributed by atoms with E-state index in [9.17, 15) is 4.79 Å². The minimum Gasteiger partial charge on any atom is -0.382 e. The van der Waals surface area contributed by atoms with Crippen LogP contribution in [0.3, 0.4) is 0 Å². The molecule has 1 aromatic heterocycles. The lowest BCUT2D eigenvalue weighted by Gasteiger charge is -2.13. The van der Waals surface area contributed by atoms with Gasteiger partial charge in [0.05, 0.1) is 0 Å². The fraction of sp³-hybridized carbons (Fsp3) is 0.571. The standard InChI is InChI=1S/C14H21N3O/c1-2-8-16-14(18)13-10-12(7-9-15-13)17-11-5-3-4-6-11/h7,9-11H,2-6,8H2,1H3,(H,15,17)(H,16,18). The molecule has 0 saturated heterocycles. The predicted octanol–water partition coefficient (Wildman–Crippen LogP) is 2.58. The fourth-order valence-corrected chi connectivity index (χ4v) is 2.28.